The highest BCUT2D eigenvalue weighted by molar-refractivity contribution is 9.10. The van der Waals surface area contributed by atoms with E-state index >= 15 is 0 Å². The van der Waals surface area contributed by atoms with Gasteiger partial charge in [-0.15, -0.1) is 0 Å². The molecule has 192 valence electrons. The SMILES string of the molecule is Cc1cc(Oc2cc(C)c(CCc3ccc(Br)cc3)c(C)c2C)c(C)c(C)c1CCc1ccc(Br)cc1. The zero-order valence-electron chi connectivity index (χ0n) is 22.8. The zero-order valence-corrected chi connectivity index (χ0v) is 25.9. The van der Waals surface area contributed by atoms with Crippen molar-refractivity contribution in [3.63, 3.8) is 0 Å². The molecule has 4 rings (SSSR count). The summed E-state index contributed by atoms with van der Waals surface area (Å²) in [4.78, 5) is 0. The van der Waals surface area contributed by atoms with Crippen LogP contribution in [0.3, 0.4) is 0 Å². The third kappa shape index (κ3) is 6.56. The van der Waals surface area contributed by atoms with E-state index in [4.69, 9.17) is 4.74 Å². The van der Waals surface area contributed by atoms with E-state index in [0.717, 1.165) is 46.1 Å². The molecule has 37 heavy (non-hydrogen) atoms. The fourth-order valence-electron chi connectivity index (χ4n) is 5.14. The minimum absolute atomic E-state index is 0.965. The van der Waals surface area contributed by atoms with Gasteiger partial charge in [-0.25, -0.2) is 0 Å². The van der Waals surface area contributed by atoms with Gasteiger partial charge >= 0.3 is 0 Å². The molecule has 0 bridgehead atoms. The molecule has 0 aliphatic carbocycles. The van der Waals surface area contributed by atoms with Crippen molar-refractivity contribution in [2.75, 3.05) is 0 Å². The second kappa shape index (κ2) is 12.0. The number of hydrogen-bond donors (Lipinski definition) is 0. The maximum absolute atomic E-state index is 6.61. The van der Waals surface area contributed by atoms with Crippen molar-refractivity contribution in [3.05, 3.63) is 125 Å². The first kappa shape index (κ1) is 27.7. The predicted octanol–water partition coefficient (Wildman–Crippen LogP) is 10.4. The lowest BCUT2D eigenvalue weighted by atomic mass is 9.92. The Morgan fingerprint density at radius 3 is 1.19 bits per heavy atom. The van der Waals surface area contributed by atoms with Gasteiger partial charge in [-0.1, -0.05) is 56.1 Å². The van der Waals surface area contributed by atoms with Crippen LogP contribution < -0.4 is 4.74 Å². The highest BCUT2D eigenvalue weighted by Gasteiger charge is 2.16. The Bertz CT molecular complexity index is 1290. The largest absolute Gasteiger partial charge is 0.457 e. The molecule has 0 aromatic heterocycles. The molecule has 0 saturated carbocycles. The van der Waals surface area contributed by atoms with Crippen LogP contribution in [0.4, 0.5) is 0 Å². The summed E-state index contributed by atoms with van der Waals surface area (Å²) in [5.74, 6) is 1.93. The molecule has 0 N–H and O–H groups in total. The van der Waals surface area contributed by atoms with Crippen molar-refractivity contribution in [1.29, 1.82) is 0 Å². The van der Waals surface area contributed by atoms with E-state index in [1.54, 1.807) is 0 Å². The first-order valence-electron chi connectivity index (χ1n) is 13.0. The number of hydrogen-bond acceptors (Lipinski definition) is 1. The minimum Gasteiger partial charge on any atom is -0.457 e. The highest BCUT2D eigenvalue weighted by atomic mass is 79.9. The van der Waals surface area contributed by atoms with E-state index in [1.807, 2.05) is 0 Å². The van der Waals surface area contributed by atoms with Crippen molar-refractivity contribution in [3.8, 4) is 11.5 Å². The summed E-state index contributed by atoms with van der Waals surface area (Å²) in [7, 11) is 0. The van der Waals surface area contributed by atoms with E-state index in [0.29, 0.717) is 0 Å². The molecule has 0 aliphatic rings. The molecule has 0 atom stereocenters. The average Bonchev–Trinajstić information content (AvgIpc) is 2.87. The summed E-state index contributed by atoms with van der Waals surface area (Å²) in [6, 6.07) is 21.8. The van der Waals surface area contributed by atoms with Gasteiger partial charge in [0, 0.05) is 8.95 Å². The van der Waals surface area contributed by atoms with Crippen LogP contribution in [0.5, 0.6) is 11.5 Å². The van der Waals surface area contributed by atoms with E-state index in [-0.39, 0.29) is 0 Å². The predicted molar refractivity (Wildman–Crippen MR) is 164 cm³/mol. The highest BCUT2D eigenvalue weighted by Crippen LogP contribution is 2.36. The molecular formula is C34H36Br2O. The van der Waals surface area contributed by atoms with Gasteiger partial charge in [-0.3, -0.25) is 0 Å². The van der Waals surface area contributed by atoms with E-state index < -0.39 is 0 Å². The maximum Gasteiger partial charge on any atom is 0.130 e. The normalized spacial score (nSPS) is 11.1. The van der Waals surface area contributed by atoms with Gasteiger partial charge in [0.2, 0.25) is 0 Å². The van der Waals surface area contributed by atoms with Gasteiger partial charge in [0.25, 0.3) is 0 Å². The Labute approximate surface area is 239 Å². The van der Waals surface area contributed by atoms with Crippen molar-refractivity contribution < 1.29 is 4.74 Å². The van der Waals surface area contributed by atoms with Crippen molar-refractivity contribution in [2.45, 2.75) is 67.2 Å². The van der Waals surface area contributed by atoms with Crippen molar-refractivity contribution >= 4 is 31.9 Å². The number of rotatable bonds is 8. The Morgan fingerprint density at radius 1 is 0.486 bits per heavy atom. The Balaban J connectivity index is 1.53. The van der Waals surface area contributed by atoms with Crippen LogP contribution in [0.25, 0.3) is 0 Å². The number of benzene rings is 4. The summed E-state index contributed by atoms with van der Waals surface area (Å²) in [5, 5.41) is 0. The second-order valence-electron chi connectivity index (χ2n) is 10.2. The maximum atomic E-state index is 6.61. The Kier molecular flexibility index (Phi) is 8.98. The van der Waals surface area contributed by atoms with E-state index in [9.17, 15) is 0 Å². The molecule has 0 heterocycles. The molecule has 0 fully saturated rings. The van der Waals surface area contributed by atoms with Crippen LogP contribution in [-0.2, 0) is 25.7 Å². The standard InChI is InChI=1S/C34H36Br2O/c1-21-19-33(25(5)23(3)31(21)17-11-27-7-13-29(35)14-8-27)37-34-20-22(2)32(24(4)26(34)6)18-12-28-9-15-30(36)16-10-28/h7-10,13-16,19-20H,11-12,17-18H2,1-6H3. The van der Waals surface area contributed by atoms with E-state index in [1.165, 1.54) is 55.6 Å². The molecule has 1 nitrogen and oxygen atoms in total. The molecule has 4 aromatic rings. The van der Waals surface area contributed by atoms with Crippen LogP contribution in [-0.4, -0.2) is 0 Å². The van der Waals surface area contributed by atoms with Crippen LogP contribution in [0.2, 0.25) is 0 Å². The summed E-state index contributed by atoms with van der Waals surface area (Å²) in [5.41, 5.74) is 13.3. The molecule has 0 radical (unpaired) electrons. The smallest absolute Gasteiger partial charge is 0.130 e. The Hall–Kier alpha value is -2.36. The molecule has 0 saturated heterocycles. The third-order valence-corrected chi connectivity index (χ3v) is 8.85. The summed E-state index contributed by atoms with van der Waals surface area (Å²) in [6.45, 7) is 13.3. The van der Waals surface area contributed by atoms with Crippen LogP contribution in [0.1, 0.15) is 55.6 Å². The molecular weight excluding hydrogens is 584 g/mol. The first-order chi connectivity index (χ1) is 17.6. The number of halogens is 2. The minimum atomic E-state index is 0.965. The summed E-state index contributed by atoms with van der Waals surface area (Å²) in [6.07, 6.45) is 4.14. The quantitative estimate of drug-likeness (QED) is 0.191. The lowest BCUT2D eigenvalue weighted by molar-refractivity contribution is 0.472. The van der Waals surface area contributed by atoms with Crippen LogP contribution in [0.15, 0.2) is 69.6 Å². The summed E-state index contributed by atoms with van der Waals surface area (Å²) >= 11 is 7.06. The number of aryl methyl sites for hydroxylation is 4. The summed E-state index contributed by atoms with van der Waals surface area (Å²) < 4.78 is 8.86. The first-order valence-corrected chi connectivity index (χ1v) is 14.6. The van der Waals surface area contributed by atoms with Gasteiger partial charge in [0.15, 0.2) is 0 Å². The van der Waals surface area contributed by atoms with Crippen LogP contribution in [0, 0.1) is 41.5 Å². The fraction of sp³-hybridized carbons (Fsp3) is 0.294. The zero-order chi connectivity index (χ0) is 26.7. The van der Waals surface area contributed by atoms with Gasteiger partial charge in [-0.05, 0) is 159 Å². The van der Waals surface area contributed by atoms with Gasteiger partial charge in [-0.2, -0.15) is 0 Å². The Morgan fingerprint density at radius 2 is 0.838 bits per heavy atom. The third-order valence-electron chi connectivity index (χ3n) is 7.79. The molecule has 0 unspecified atom stereocenters. The number of ether oxygens (including phenoxy) is 1. The van der Waals surface area contributed by atoms with Gasteiger partial charge < -0.3 is 4.74 Å². The van der Waals surface area contributed by atoms with E-state index in [2.05, 4.69) is 134 Å². The molecule has 4 aromatic carbocycles. The molecule has 0 amide bonds. The molecule has 0 spiro atoms. The second-order valence-corrected chi connectivity index (χ2v) is 12.0. The van der Waals surface area contributed by atoms with Gasteiger partial charge in [0.1, 0.15) is 11.5 Å². The van der Waals surface area contributed by atoms with Crippen molar-refractivity contribution in [1.82, 2.24) is 0 Å². The van der Waals surface area contributed by atoms with Crippen molar-refractivity contribution in [2.24, 2.45) is 0 Å². The lowest BCUT2D eigenvalue weighted by Crippen LogP contribution is -2.04. The molecule has 3 heteroatoms. The average molecular weight is 620 g/mol. The lowest BCUT2D eigenvalue weighted by Gasteiger charge is -2.21. The van der Waals surface area contributed by atoms with Crippen LogP contribution >= 0.6 is 31.9 Å². The topological polar surface area (TPSA) is 9.23 Å². The van der Waals surface area contributed by atoms with Gasteiger partial charge in [0.05, 0.1) is 0 Å². The fourth-order valence-corrected chi connectivity index (χ4v) is 5.67. The molecule has 0 aliphatic heterocycles. The monoisotopic (exact) mass is 618 g/mol.